The summed E-state index contributed by atoms with van der Waals surface area (Å²) in [6, 6.07) is 15.7. The predicted molar refractivity (Wildman–Crippen MR) is 81.1 cm³/mol. The average Bonchev–Trinajstić information content (AvgIpc) is 2.84. The number of aryl methyl sites for hydroxylation is 1. The van der Waals surface area contributed by atoms with Gasteiger partial charge in [0.1, 0.15) is 11.5 Å². The van der Waals surface area contributed by atoms with Crippen LogP contribution >= 0.6 is 0 Å². The SMILES string of the molecule is COc1ccc2c(c1)C(=O)[C@@H](CCCc1ccccc1)O2. The number of benzene rings is 2. The Labute approximate surface area is 124 Å². The Kier molecular flexibility index (Phi) is 3.91. The maximum absolute atomic E-state index is 12.3. The highest BCUT2D eigenvalue weighted by molar-refractivity contribution is 6.04. The first-order valence-electron chi connectivity index (χ1n) is 7.21. The lowest BCUT2D eigenvalue weighted by molar-refractivity contribution is 0.0843. The lowest BCUT2D eigenvalue weighted by atomic mass is 10.0. The molecule has 0 N–H and O–H groups in total. The highest BCUT2D eigenvalue weighted by atomic mass is 16.5. The van der Waals surface area contributed by atoms with Gasteiger partial charge in [0, 0.05) is 0 Å². The molecule has 0 saturated heterocycles. The number of carbonyl (C=O) groups excluding carboxylic acids is 1. The molecule has 1 atom stereocenters. The van der Waals surface area contributed by atoms with Crippen molar-refractivity contribution in [2.75, 3.05) is 7.11 Å². The van der Waals surface area contributed by atoms with E-state index in [0.29, 0.717) is 17.1 Å². The van der Waals surface area contributed by atoms with E-state index in [0.717, 1.165) is 19.3 Å². The van der Waals surface area contributed by atoms with E-state index >= 15 is 0 Å². The zero-order valence-corrected chi connectivity index (χ0v) is 12.0. The molecule has 0 unspecified atom stereocenters. The molecule has 2 aromatic rings. The van der Waals surface area contributed by atoms with Crippen molar-refractivity contribution < 1.29 is 14.3 Å². The second kappa shape index (κ2) is 6.00. The van der Waals surface area contributed by atoms with Crippen molar-refractivity contribution in [3.63, 3.8) is 0 Å². The number of methoxy groups -OCH3 is 1. The van der Waals surface area contributed by atoms with Crippen LogP contribution in [-0.4, -0.2) is 19.0 Å². The minimum absolute atomic E-state index is 0.0666. The number of Topliss-reactive ketones (excluding diaryl/α,β-unsaturated/α-hetero) is 1. The van der Waals surface area contributed by atoms with E-state index in [1.165, 1.54) is 5.56 Å². The van der Waals surface area contributed by atoms with Crippen LogP contribution in [0.25, 0.3) is 0 Å². The lowest BCUT2D eigenvalue weighted by Gasteiger charge is -2.09. The summed E-state index contributed by atoms with van der Waals surface area (Å²) in [5.41, 5.74) is 1.93. The van der Waals surface area contributed by atoms with Gasteiger partial charge in [-0.1, -0.05) is 30.3 Å². The highest BCUT2D eigenvalue weighted by Gasteiger charge is 2.32. The summed E-state index contributed by atoms with van der Waals surface area (Å²) in [5, 5.41) is 0. The molecule has 0 saturated carbocycles. The van der Waals surface area contributed by atoms with Crippen molar-refractivity contribution in [3.05, 3.63) is 59.7 Å². The van der Waals surface area contributed by atoms with Gasteiger partial charge in [-0.05, 0) is 43.0 Å². The van der Waals surface area contributed by atoms with Crippen LogP contribution < -0.4 is 9.47 Å². The summed E-state index contributed by atoms with van der Waals surface area (Å²) < 4.78 is 10.9. The zero-order valence-electron chi connectivity index (χ0n) is 12.0. The first-order valence-corrected chi connectivity index (χ1v) is 7.21. The Morgan fingerprint density at radius 3 is 2.71 bits per heavy atom. The van der Waals surface area contributed by atoms with E-state index in [9.17, 15) is 4.79 Å². The first-order chi connectivity index (χ1) is 10.3. The Morgan fingerprint density at radius 2 is 1.95 bits per heavy atom. The predicted octanol–water partition coefficient (Wildman–Crippen LogP) is 3.66. The number of ketones is 1. The van der Waals surface area contributed by atoms with Crippen LogP contribution in [-0.2, 0) is 6.42 Å². The second-order valence-electron chi connectivity index (χ2n) is 5.21. The summed E-state index contributed by atoms with van der Waals surface area (Å²) in [6.45, 7) is 0. The minimum Gasteiger partial charge on any atom is -0.497 e. The second-order valence-corrected chi connectivity index (χ2v) is 5.21. The van der Waals surface area contributed by atoms with Gasteiger partial charge in [-0.25, -0.2) is 0 Å². The van der Waals surface area contributed by atoms with Crippen LogP contribution in [0.2, 0.25) is 0 Å². The molecule has 0 aliphatic carbocycles. The highest BCUT2D eigenvalue weighted by Crippen LogP contribution is 2.33. The molecular weight excluding hydrogens is 264 g/mol. The molecule has 2 aromatic carbocycles. The standard InChI is InChI=1S/C18H18O3/c1-20-14-10-11-16-15(12-14)18(19)17(21-16)9-5-8-13-6-3-2-4-7-13/h2-4,6-7,10-12,17H,5,8-9H2,1H3/t17-/m1/s1. The molecule has 3 heteroatoms. The number of rotatable bonds is 5. The monoisotopic (exact) mass is 282 g/mol. The zero-order chi connectivity index (χ0) is 14.7. The number of hydrogen-bond acceptors (Lipinski definition) is 3. The van der Waals surface area contributed by atoms with Crippen LogP contribution in [0.5, 0.6) is 11.5 Å². The summed E-state index contributed by atoms with van der Waals surface area (Å²) >= 11 is 0. The van der Waals surface area contributed by atoms with Gasteiger partial charge in [0.05, 0.1) is 12.7 Å². The molecule has 21 heavy (non-hydrogen) atoms. The molecule has 1 aliphatic heterocycles. The molecule has 3 nitrogen and oxygen atoms in total. The van der Waals surface area contributed by atoms with Crippen LogP contribution in [0.3, 0.4) is 0 Å². The quantitative estimate of drug-likeness (QED) is 0.839. The van der Waals surface area contributed by atoms with Crippen molar-refractivity contribution in [1.82, 2.24) is 0 Å². The summed E-state index contributed by atoms with van der Waals surface area (Å²) in [6.07, 6.45) is 2.29. The Bertz CT molecular complexity index is 634. The van der Waals surface area contributed by atoms with Gasteiger partial charge >= 0.3 is 0 Å². The van der Waals surface area contributed by atoms with Gasteiger partial charge in [-0.3, -0.25) is 4.79 Å². The molecule has 1 aliphatic rings. The van der Waals surface area contributed by atoms with Crippen molar-refractivity contribution >= 4 is 5.78 Å². The first kappa shape index (κ1) is 13.7. The maximum atomic E-state index is 12.3. The smallest absolute Gasteiger partial charge is 0.207 e. The van der Waals surface area contributed by atoms with Gasteiger partial charge in [-0.15, -0.1) is 0 Å². The third kappa shape index (κ3) is 2.92. The van der Waals surface area contributed by atoms with Crippen LogP contribution in [0.15, 0.2) is 48.5 Å². The summed E-state index contributed by atoms with van der Waals surface area (Å²) in [4.78, 5) is 12.3. The molecule has 0 bridgehead atoms. The number of fused-ring (bicyclic) bond motifs is 1. The van der Waals surface area contributed by atoms with Crippen LogP contribution in [0.1, 0.15) is 28.8 Å². The number of carbonyl (C=O) groups is 1. The Balaban J connectivity index is 1.60. The lowest BCUT2D eigenvalue weighted by Crippen LogP contribution is -2.20. The van der Waals surface area contributed by atoms with Gasteiger partial charge < -0.3 is 9.47 Å². The largest absolute Gasteiger partial charge is 0.497 e. The normalized spacial score (nSPS) is 16.4. The summed E-state index contributed by atoms with van der Waals surface area (Å²) in [5.74, 6) is 1.43. The summed E-state index contributed by atoms with van der Waals surface area (Å²) in [7, 11) is 1.60. The van der Waals surface area contributed by atoms with Gasteiger partial charge in [0.15, 0.2) is 6.10 Å². The van der Waals surface area contributed by atoms with E-state index in [4.69, 9.17) is 9.47 Å². The fourth-order valence-corrected chi connectivity index (χ4v) is 2.64. The Hall–Kier alpha value is -2.29. The van der Waals surface area contributed by atoms with Crippen LogP contribution in [0, 0.1) is 0 Å². The van der Waals surface area contributed by atoms with E-state index < -0.39 is 0 Å². The van der Waals surface area contributed by atoms with E-state index in [1.807, 2.05) is 30.3 Å². The fourth-order valence-electron chi connectivity index (χ4n) is 2.64. The molecule has 0 amide bonds. The van der Waals surface area contributed by atoms with E-state index in [2.05, 4.69) is 12.1 Å². The molecule has 0 spiro atoms. The van der Waals surface area contributed by atoms with Gasteiger partial charge in [0.2, 0.25) is 5.78 Å². The van der Waals surface area contributed by atoms with Crippen molar-refractivity contribution in [3.8, 4) is 11.5 Å². The fraction of sp³-hybridized carbons (Fsp3) is 0.278. The molecule has 0 aromatic heterocycles. The minimum atomic E-state index is -0.351. The molecule has 0 radical (unpaired) electrons. The van der Waals surface area contributed by atoms with Gasteiger partial charge in [0.25, 0.3) is 0 Å². The third-order valence-corrected chi connectivity index (χ3v) is 3.79. The molecule has 1 heterocycles. The molecular formula is C18H18O3. The average molecular weight is 282 g/mol. The van der Waals surface area contributed by atoms with E-state index in [-0.39, 0.29) is 11.9 Å². The molecule has 0 fully saturated rings. The number of ether oxygens (including phenoxy) is 2. The van der Waals surface area contributed by atoms with Crippen molar-refractivity contribution in [2.24, 2.45) is 0 Å². The Morgan fingerprint density at radius 1 is 1.14 bits per heavy atom. The number of hydrogen-bond donors (Lipinski definition) is 0. The molecule has 3 rings (SSSR count). The van der Waals surface area contributed by atoms with Crippen molar-refractivity contribution in [1.29, 1.82) is 0 Å². The maximum Gasteiger partial charge on any atom is 0.207 e. The van der Waals surface area contributed by atoms with Gasteiger partial charge in [-0.2, -0.15) is 0 Å². The topological polar surface area (TPSA) is 35.5 Å². The van der Waals surface area contributed by atoms with E-state index in [1.54, 1.807) is 13.2 Å². The van der Waals surface area contributed by atoms with Crippen molar-refractivity contribution in [2.45, 2.75) is 25.4 Å². The molecule has 108 valence electrons. The van der Waals surface area contributed by atoms with Crippen LogP contribution in [0.4, 0.5) is 0 Å². The third-order valence-electron chi connectivity index (χ3n) is 3.79.